The van der Waals surface area contributed by atoms with E-state index in [1.807, 2.05) is 0 Å². The summed E-state index contributed by atoms with van der Waals surface area (Å²) in [4.78, 5) is 37.2. The Labute approximate surface area is 163 Å². The molecular formula is C18H21N3O6S. The molecule has 0 unspecified atom stereocenters. The molecular weight excluding hydrogens is 386 g/mol. The van der Waals surface area contributed by atoms with E-state index in [1.54, 1.807) is 13.0 Å². The lowest BCUT2D eigenvalue weighted by molar-refractivity contribution is -0.136. The summed E-state index contributed by atoms with van der Waals surface area (Å²) in [5, 5.41) is 11.0. The molecule has 0 saturated carbocycles. The molecule has 1 aliphatic rings. The number of carbonyl (C=O) groups is 3. The van der Waals surface area contributed by atoms with Crippen LogP contribution in [0.1, 0.15) is 30.1 Å². The number of ether oxygens (including phenoxy) is 1. The second-order valence-electron chi connectivity index (χ2n) is 6.27. The van der Waals surface area contributed by atoms with Crippen molar-refractivity contribution < 1.29 is 27.5 Å². The fourth-order valence-corrected chi connectivity index (χ4v) is 4.65. The monoisotopic (exact) mass is 407 g/mol. The molecule has 1 heterocycles. The van der Waals surface area contributed by atoms with Gasteiger partial charge in [-0.15, -0.1) is 0 Å². The van der Waals surface area contributed by atoms with E-state index in [2.05, 4.69) is 5.32 Å². The summed E-state index contributed by atoms with van der Waals surface area (Å²) in [6.07, 6.45) is 0.108. The molecule has 2 amide bonds. The van der Waals surface area contributed by atoms with Gasteiger partial charge < -0.3 is 15.0 Å². The van der Waals surface area contributed by atoms with Gasteiger partial charge in [0, 0.05) is 18.3 Å². The number of nitrogens with zero attached hydrogens (tertiary/aromatic N) is 2. The highest BCUT2D eigenvalue weighted by molar-refractivity contribution is 7.91. The van der Waals surface area contributed by atoms with Crippen molar-refractivity contribution in [3.05, 3.63) is 29.8 Å². The number of benzene rings is 1. The minimum atomic E-state index is -3.12. The first-order valence-corrected chi connectivity index (χ1v) is 10.5. The van der Waals surface area contributed by atoms with Crippen molar-refractivity contribution in [3.63, 3.8) is 0 Å². The van der Waals surface area contributed by atoms with Crippen molar-refractivity contribution in [1.29, 1.82) is 5.26 Å². The number of sulfone groups is 1. The average molecular weight is 407 g/mol. The van der Waals surface area contributed by atoms with Crippen LogP contribution in [0, 0.1) is 11.3 Å². The topological polar surface area (TPSA) is 134 Å². The van der Waals surface area contributed by atoms with Crippen LogP contribution in [-0.4, -0.2) is 61.8 Å². The van der Waals surface area contributed by atoms with E-state index in [1.165, 1.54) is 29.2 Å². The Kier molecular flexibility index (Phi) is 7.12. The van der Waals surface area contributed by atoms with Gasteiger partial charge in [0.2, 0.25) is 5.91 Å². The number of anilines is 1. The van der Waals surface area contributed by atoms with Gasteiger partial charge in [-0.2, -0.15) is 5.26 Å². The van der Waals surface area contributed by atoms with Crippen LogP contribution >= 0.6 is 0 Å². The molecule has 28 heavy (non-hydrogen) atoms. The Hall–Kier alpha value is -2.93. The highest BCUT2D eigenvalue weighted by Gasteiger charge is 2.34. The number of carbonyl (C=O) groups excluding carboxylic acids is 3. The lowest BCUT2D eigenvalue weighted by Crippen LogP contribution is -2.43. The van der Waals surface area contributed by atoms with E-state index in [9.17, 15) is 22.8 Å². The van der Waals surface area contributed by atoms with Gasteiger partial charge >= 0.3 is 5.97 Å². The predicted octanol–water partition coefficient (Wildman–Crippen LogP) is 0.731. The Morgan fingerprint density at radius 2 is 1.96 bits per heavy atom. The summed E-state index contributed by atoms with van der Waals surface area (Å²) in [5.74, 6) is -1.63. The fourth-order valence-electron chi connectivity index (χ4n) is 2.92. The largest absolute Gasteiger partial charge is 0.452 e. The second kappa shape index (κ2) is 9.32. The summed E-state index contributed by atoms with van der Waals surface area (Å²) >= 11 is 0. The molecule has 0 radical (unpaired) electrons. The third kappa shape index (κ3) is 5.79. The van der Waals surface area contributed by atoms with E-state index in [4.69, 9.17) is 10.00 Å². The van der Waals surface area contributed by atoms with Crippen molar-refractivity contribution in [2.24, 2.45) is 0 Å². The van der Waals surface area contributed by atoms with Crippen LogP contribution in [-0.2, 0) is 24.2 Å². The predicted molar refractivity (Wildman–Crippen MR) is 100 cm³/mol. The number of amides is 2. The Balaban J connectivity index is 1.89. The lowest BCUT2D eigenvalue weighted by Gasteiger charge is -2.26. The molecule has 1 aliphatic heterocycles. The van der Waals surface area contributed by atoms with Crippen molar-refractivity contribution in [2.45, 2.75) is 25.8 Å². The zero-order valence-corrected chi connectivity index (χ0v) is 16.2. The first kappa shape index (κ1) is 21.4. The third-order valence-electron chi connectivity index (χ3n) is 4.28. The van der Waals surface area contributed by atoms with Crippen LogP contribution in [0.4, 0.5) is 5.69 Å². The molecule has 0 aliphatic carbocycles. The molecule has 1 fully saturated rings. The number of hydrogen-bond acceptors (Lipinski definition) is 7. The second-order valence-corrected chi connectivity index (χ2v) is 8.50. The van der Waals surface area contributed by atoms with Gasteiger partial charge in [0.25, 0.3) is 5.91 Å². The number of nitriles is 1. The van der Waals surface area contributed by atoms with Crippen molar-refractivity contribution in [1.82, 2.24) is 4.90 Å². The van der Waals surface area contributed by atoms with E-state index in [0.29, 0.717) is 18.7 Å². The molecule has 2 rings (SSSR count). The first-order valence-electron chi connectivity index (χ1n) is 8.69. The number of hydrogen-bond donors (Lipinski definition) is 1. The average Bonchev–Trinajstić information content (AvgIpc) is 3.00. The normalized spacial score (nSPS) is 17.4. The van der Waals surface area contributed by atoms with E-state index >= 15 is 0 Å². The summed E-state index contributed by atoms with van der Waals surface area (Å²) in [6, 6.07) is 7.15. The lowest BCUT2D eigenvalue weighted by atomic mass is 10.2. The van der Waals surface area contributed by atoms with E-state index in [0.717, 1.165) is 0 Å². The fraction of sp³-hybridized carbons (Fsp3) is 0.444. The quantitative estimate of drug-likeness (QED) is 0.659. The Morgan fingerprint density at radius 1 is 1.29 bits per heavy atom. The Morgan fingerprint density at radius 3 is 2.50 bits per heavy atom. The molecule has 1 saturated heterocycles. The van der Waals surface area contributed by atoms with Crippen LogP contribution in [0.2, 0.25) is 0 Å². The molecule has 0 spiro atoms. The SMILES string of the molecule is CCN(C(=O)COC(=O)c1ccc(NC(=O)CC#N)cc1)[C@@H]1CCS(=O)(=O)C1. The van der Waals surface area contributed by atoms with Crippen LogP contribution in [0.15, 0.2) is 24.3 Å². The maximum absolute atomic E-state index is 12.3. The minimum Gasteiger partial charge on any atom is -0.452 e. The highest BCUT2D eigenvalue weighted by atomic mass is 32.2. The summed E-state index contributed by atoms with van der Waals surface area (Å²) < 4.78 is 28.2. The van der Waals surface area contributed by atoms with Gasteiger partial charge in [0.1, 0.15) is 6.42 Å². The third-order valence-corrected chi connectivity index (χ3v) is 6.03. The van der Waals surface area contributed by atoms with E-state index < -0.39 is 40.3 Å². The molecule has 1 aromatic carbocycles. The maximum Gasteiger partial charge on any atom is 0.338 e. The first-order chi connectivity index (χ1) is 13.3. The Bertz CT molecular complexity index is 889. The van der Waals surface area contributed by atoms with Crippen LogP contribution in [0.3, 0.4) is 0 Å². The summed E-state index contributed by atoms with van der Waals surface area (Å²) in [7, 11) is -3.12. The molecule has 0 bridgehead atoms. The molecule has 1 atom stereocenters. The molecule has 1 aromatic rings. The van der Waals surface area contributed by atoms with Gasteiger partial charge in [-0.25, -0.2) is 13.2 Å². The summed E-state index contributed by atoms with van der Waals surface area (Å²) in [5.41, 5.74) is 0.616. The van der Waals surface area contributed by atoms with Crippen molar-refractivity contribution >= 4 is 33.3 Å². The highest BCUT2D eigenvalue weighted by Crippen LogP contribution is 2.18. The standard InChI is InChI=1S/C18H21N3O6S/c1-2-21(15-8-10-28(25,26)12-15)17(23)11-27-18(24)13-3-5-14(6-4-13)20-16(22)7-9-19/h3-6,15H,2,7-8,10-12H2,1H3,(H,20,22)/t15-/m1/s1. The number of rotatable bonds is 7. The zero-order chi connectivity index (χ0) is 20.7. The molecule has 10 heteroatoms. The van der Waals surface area contributed by atoms with E-state index in [-0.39, 0.29) is 23.5 Å². The number of esters is 1. The van der Waals surface area contributed by atoms with Crippen LogP contribution in [0.25, 0.3) is 0 Å². The maximum atomic E-state index is 12.3. The molecule has 0 aromatic heterocycles. The molecule has 9 nitrogen and oxygen atoms in total. The van der Waals surface area contributed by atoms with Gasteiger partial charge in [-0.05, 0) is 37.6 Å². The van der Waals surface area contributed by atoms with Gasteiger partial charge in [0.15, 0.2) is 16.4 Å². The zero-order valence-electron chi connectivity index (χ0n) is 15.4. The summed E-state index contributed by atoms with van der Waals surface area (Å²) in [6.45, 7) is 1.58. The number of nitrogens with one attached hydrogen (secondary N) is 1. The van der Waals surface area contributed by atoms with Crippen molar-refractivity contribution in [3.8, 4) is 6.07 Å². The number of likely N-dealkylation sites (N-methyl/N-ethyl adjacent to an activating group) is 1. The molecule has 1 N–H and O–H groups in total. The molecule has 150 valence electrons. The smallest absolute Gasteiger partial charge is 0.338 e. The van der Waals surface area contributed by atoms with Gasteiger partial charge in [0.05, 0.1) is 23.1 Å². The van der Waals surface area contributed by atoms with Crippen LogP contribution in [0.5, 0.6) is 0 Å². The van der Waals surface area contributed by atoms with Crippen LogP contribution < -0.4 is 5.32 Å². The van der Waals surface area contributed by atoms with Crippen molar-refractivity contribution in [2.75, 3.05) is 30.0 Å². The van der Waals surface area contributed by atoms with Gasteiger partial charge in [-0.3, -0.25) is 9.59 Å². The minimum absolute atomic E-state index is 0.0541. The van der Waals surface area contributed by atoms with Gasteiger partial charge in [-0.1, -0.05) is 0 Å².